The molecule has 3 aromatic rings. The first kappa shape index (κ1) is 16.3. The lowest BCUT2D eigenvalue weighted by Gasteiger charge is -2.18. The molecule has 122 valence electrons. The molecule has 0 radical (unpaired) electrons. The predicted octanol–water partition coefficient (Wildman–Crippen LogP) is 5.06. The standard InChI is InChI=1S/C19H17ClN2O2/c1-13-11-19(22-24-13)21-17(14-5-3-2-4-6-14)12-18(23)15-7-9-16(20)10-8-15/h2-11,17H,12H2,1H3,(H,21,22). The van der Waals surface area contributed by atoms with Gasteiger partial charge in [0.15, 0.2) is 11.6 Å². The van der Waals surface area contributed by atoms with Crippen LogP contribution in [0, 0.1) is 6.92 Å². The summed E-state index contributed by atoms with van der Waals surface area (Å²) in [5.74, 6) is 1.37. The normalized spacial score (nSPS) is 11.9. The molecule has 0 spiro atoms. The van der Waals surface area contributed by atoms with E-state index in [0.29, 0.717) is 28.6 Å². The molecule has 1 atom stereocenters. The smallest absolute Gasteiger partial charge is 0.170 e. The summed E-state index contributed by atoms with van der Waals surface area (Å²) in [4.78, 5) is 12.6. The van der Waals surface area contributed by atoms with E-state index in [1.165, 1.54) is 0 Å². The Morgan fingerprint density at radius 1 is 1.17 bits per heavy atom. The van der Waals surface area contributed by atoms with Gasteiger partial charge < -0.3 is 9.84 Å². The summed E-state index contributed by atoms with van der Waals surface area (Å²) in [5, 5.41) is 7.85. The predicted molar refractivity (Wildman–Crippen MR) is 94.4 cm³/mol. The van der Waals surface area contributed by atoms with E-state index >= 15 is 0 Å². The van der Waals surface area contributed by atoms with Crippen molar-refractivity contribution in [2.45, 2.75) is 19.4 Å². The van der Waals surface area contributed by atoms with Crippen LogP contribution in [-0.2, 0) is 0 Å². The van der Waals surface area contributed by atoms with Gasteiger partial charge in [0, 0.05) is 23.1 Å². The van der Waals surface area contributed by atoms with Crippen LogP contribution in [0.2, 0.25) is 5.02 Å². The lowest BCUT2D eigenvalue weighted by atomic mass is 9.98. The van der Waals surface area contributed by atoms with Gasteiger partial charge in [-0.3, -0.25) is 4.79 Å². The minimum atomic E-state index is -0.195. The molecule has 1 heterocycles. The van der Waals surface area contributed by atoms with E-state index in [1.54, 1.807) is 24.3 Å². The van der Waals surface area contributed by atoms with E-state index in [9.17, 15) is 4.79 Å². The van der Waals surface area contributed by atoms with Crippen LogP contribution >= 0.6 is 11.6 Å². The Balaban J connectivity index is 1.81. The second kappa shape index (κ2) is 7.32. The highest BCUT2D eigenvalue weighted by Crippen LogP contribution is 2.24. The fraction of sp³-hybridized carbons (Fsp3) is 0.158. The van der Waals surface area contributed by atoms with Gasteiger partial charge in [0.25, 0.3) is 0 Å². The van der Waals surface area contributed by atoms with E-state index < -0.39 is 0 Å². The average Bonchev–Trinajstić information content (AvgIpc) is 3.00. The Labute approximate surface area is 145 Å². The number of halogens is 1. The largest absolute Gasteiger partial charge is 0.360 e. The number of carbonyl (C=O) groups is 1. The van der Waals surface area contributed by atoms with Crippen molar-refractivity contribution in [3.63, 3.8) is 0 Å². The van der Waals surface area contributed by atoms with Crippen LogP contribution in [0.3, 0.4) is 0 Å². The monoisotopic (exact) mass is 340 g/mol. The lowest BCUT2D eigenvalue weighted by molar-refractivity contribution is 0.0976. The molecular weight excluding hydrogens is 324 g/mol. The minimum absolute atomic E-state index is 0.0354. The van der Waals surface area contributed by atoms with Gasteiger partial charge in [0.05, 0.1) is 6.04 Å². The number of aryl methyl sites for hydroxylation is 1. The molecule has 1 unspecified atom stereocenters. The number of anilines is 1. The molecule has 0 saturated carbocycles. The number of hydrogen-bond acceptors (Lipinski definition) is 4. The quantitative estimate of drug-likeness (QED) is 0.637. The van der Waals surface area contributed by atoms with Crippen molar-refractivity contribution in [2.24, 2.45) is 0 Å². The third-order valence-electron chi connectivity index (χ3n) is 3.71. The maximum absolute atomic E-state index is 12.6. The summed E-state index contributed by atoms with van der Waals surface area (Å²) in [5.41, 5.74) is 1.65. The number of rotatable bonds is 6. The molecule has 24 heavy (non-hydrogen) atoms. The summed E-state index contributed by atoms with van der Waals surface area (Å²) in [6.45, 7) is 1.83. The highest BCUT2D eigenvalue weighted by molar-refractivity contribution is 6.30. The first-order chi connectivity index (χ1) is 11.6. The van der Waals surface area contributed by atoms with Crippen molar-refractivity contribution in [2.75, 3.05) is 5.32 Å². The van der Waals surface area contributed by atoms with Crippen LogP contribution < -0.4 is 5.32 Å². The molecule has 0 amide bonds. The fourth-order valence-corrected chi connectivity index (χ4v) is 2.62. The van der Waals surface area contributed by atoms with Gasteiger partial charge in [-0.25, -0.2) is 0 Å². The Morgan fingerprint density at radius 2 is 1.88 bits per heavy atom. The van der Waals surface area contributed by atoms with Crippen LogP contribution in [0.25, 0.3) is 0 Å². The van der Waals surface area contributed by atoms with E-state index in [1.807, 2.05) is 43.3 Å². The Kier molecular flexibility index (Phi) is 4.96. The maximum Gasteiger partial charge on any atom is 0.170 e. The van der Waals surface area contributed by atoms with Crippen LogP contribution in [-0.4, -0.2) is 10.9 Å². The number of carbonyl (C=O) groups excluding carboxylic acids is 1. The fourth-order valence-electron chi connectivity index (χ4n) is 2.49. The summed E-state index contributed by atoms with van der Waals surface area (Å²) in [6.07, 6.45) is 0.303. The summed E-state index contributed by atoms with van der Waals surface area (Å²) < 4.78 is 5.09. The van der Waals surface area contributed by atoms with Crippen molar-refractivity contribution in [1.29, 1.82) is 0 Å². The average molecular weight is 341 g/mol. The highest BCUT2D eigenvalue weighted by atomic mass is 35.5. The van der Waals surface area contributed by atoms with Crippen molar-refractivity contribution in [1.82, 2.24) is 5.16 Å². The number of aromatic nitrogens is 1. The van der Waals surface area contributed by atoms with E-state index in [4.69, 9.17) is 16.1 Å². The molecule has 5 heteroatoms. The molecule has 0 saturated heterocycles. The van der Waals surface area contributed by atoms with Gasteiger partial charge in [-0.2, -0.15) is 0 Å². The van der Waals surface area contributed by atoms with Crippen molar-refractivity contribution < 1.29 is 9.32 Å². The van der Waals surface area contributed by atoms with E-state index in [-0.39, 0.29) is 11.8 Å². The van der Waals surface area contributed by atoms with Crippen molar-refractivity contribution in [3.8, 4) is 0 Å². The van der Waals surface area contributed by atoms with Crippen molar-refractivity contribution in [3.05, 3.63) is 82.6 Å². The molecular formula is C19H17ClN2O2. The Morgan fingerprint density at radius 3 is 2.50 bits per heavy atom. The molecule has 1 N–H and O–H groups in total. The third-order valence-corrected chi connectivity index (χ3v) is 3.96. The van der Waals surface area contributed by atoms with Crippen LogP contribution in [0.5, 0.6) is 0 Å². The van der Waals surface area contributed by atoms with Crippen LogP contribution in [0.4, 0.5) is 5.82 Å². The first-order valence-corrected chi connectivity index (χ1v) is 8.03. The van der Waals surface area contributed by atoms with Gasteiger partial charge in [-0.15, -0.1) is 0 Å². The number of Topliss-reactive ketones (excluding diaryl/α,β-unsaturated/α-hetero) is 1. The summed E-state index contributed by atoms with van der Waals surface area (Å²) in [6, 6.07) is 18.4. The number of nitrogens with zero attached hydrogens (tertiary/aromatic N) is 1. The first-order valence-electron chi connectivity index (χ1n) is 7.65. The van der Waals surface area contributed by atoms with E-state index in [0.717, 1.165) is 5.56 Å². The molecule has 0 aliphatic heterocycles. The minimum Gasteiger partial charge on any atom is -0.360 e. The topological polar surface area (TPSA) is 55.1 Å². The SMILES string of the molecule is Cc1cc(NC(CC(=O)c2ccc(Cl)cc2)c2ccccc2)no1. The number of ketones is 1. The molecule has 0 aliphatic rings. The number of benzene rings is 2. The van der Waals surface area contributed by atoms with Crippen LogP contribution in [0.1, 0.15) is 34.1 Å². The van der Waals surface area contributed by atoms with E-state index in [2.05, 4.69) is 10.5 Å². The van der Waals surface area contributed by atoms with Gasteiger partial charge in [-0.1, -0.05) is 47.1 Å². The molecule has 2 aromatic carbocycles. The maximum atomic E-state index is 12.6. The van der Waals surface area contributed by atoms with Gasteiger partial charge in [-0.05, 0) is 36.8 Å². The highest BCUT2D eigenvalue weighted by Gasteiger charge is 2.18. The van der Waals surface area contributed by atoms with Gasteiger partial charge in [0.2, 0.25) is 0 Å². The molecule has 0 aliphatic carbocycles. The zero-order valence-corrected chi connectivity index (χ0v) is 14.0. The zero-order chi connectivity index (χ0) is 16.9. The second-order valence-corrected chi connectivity index (χ2v) is 6.00. The van der Waals surface area contributed by atoms with Crippen LogP contribution in [0.15, 0.2) is 65.2 Å². The number of hydrogen-bond donors (Lipinski definition) is 1. The summed E-state index contributed by atoms with van der Waals surface area (Å²) in [7, 11) is 0. The molecule has 4 nitrogen and oxygen atoms in total. The second-order valence-electron chi connectivity index (χ2n) is 5.56. The van der Waals surface area contributed by atoms with Gasteiger partial charge in [0.1, 0.15) is 5.76 Å². The zero-order valence-electron chi connectivity index (χ0n) is 13.2. The third kappa shape index (κ3) is 4.03. The van der Waals surface area contributed by atoms with Crippen molar-refractivity contribution >= 4 is 23.2 Å². The summed E-state index contributed by atoms with van der Waals surface area (Å²) >= 11 is 5.89. The Bertz CT molecular complexity index is 813. The molecule has 1 aromatic heterocycles. The molecule has 0 fully saturated rings. The number of nitrogens with one attached hydrogen (secondary N) is 1. The molecule has 3 rings (SSSR count). The van der Waals surface area contributed by atoms with Gasteiger partial charge >= 0.3 is 0 Å². The molecule has 0 bridgehead atoms. The Hall–Kier alpha value is -2.59. The lowest BCUT2D eigenvalue weighted by Crippen LogP contribution is -2.16.